The van der Waals surface area contributed by atoms with Crippen molar-refractivity contribution in [3.8, 4) is 11.1 Å². The molecule has 0 aliphatic heterocycles. The van der Waals surface area contributed by atoms with Crippen molar-refractivity contribution in [1.29, 1.82) is 0 Å². The fourth-order valence-corrected chi connectivity index (χ4v) is 4.69. The van der Waals surface area contributed by atoms with Crippen molar-refractivity contribution in [2.24, 2.45) is 0 Å². The lowest BCUT2D eigenvalue weighted by molar-refractivity contribution is -0.131. The summed E-state index contributed by atoms with van der Waals surface area (Å²) in [5.41, 5.74) is 5.53. The largest absolute Gasteiger partial charge is 0.478 e. The molecule has 0 bridgehead atoms. The van der Waals surface area contributed by atoms with Gasteiger partial charge in [-0.2, -0.15) is 0 Å². The molecule has 196 valence electrons. The molecule has 4 rings (SSSR count). The first-order valence-corrected chi connectivity index (χ1v) is 12.4. The second-order valence-corrected chi connectivity index (χ2v) is 9.19. The summed E-state index contributed by atoms with van der Waals surface area (Å²) in [5.74, 6) is -1.63. The highest BCUT2D eigenvalue weighted by Gasteiger charge is 2.30. The van der Waals surface area contributed by atoms with Gasteiger partial charge in [-0.25, -0.2) is 9.59 Å². The molecule has 1 aliphatic carbocycles. The molecule has 1 atom stereocenters. The first-order chi connectivity index (χ1) is 18.4. The molecule has 1 aliphatic rings. The Morgan fingerprint density at radius 3 is 2.18 bits per heavy atom. The van der Waals surface area contributed by atoms with Gasteiger partial charge in [-0.1, -0.05) is 84.9 Å². The van der Waals surface area contributed by atoms with E-state index in [9.17, 15) is 14.4 Å². The van der Waals surface area contributed by atoms with Crippen LogP contribution in [0.15, 0.2) is 91.0 Å². The average molecular weight is 514 g/mol. The normalized spacial score (nSPS) is 13.1. The number of carbonyl (C=O) groups is 3. The summed E-state index contributed by atoms with van der Waals surface area (Å²) < 4.78 is 5.64. The number of aliphatic carboxylic acids is 1. The average Bonchev–Trinajstić information content (AvgIpc) is 3.23. The monoisotopic (exact) mass is 513 g/mol. The maximum atomic E-state index is 12.9. The summed E-state index contributed by atoms with van der Waals surface area (Å²) in [6, 6.07) is 25.0. The van der Waals surface area contributed by atoms with Gasteiger partial charge in [0.1, 0.15) is 12.6 Å². The number of hydrogen-bond donors (Lipinski definition) is 3. The molecule has 0 fully saturated rings. The van der Waals surface area contributed by atoms with E-state index in [1.165, 1.54) is 6.08 Å². The number of fused-ring (bicyclic) bond motifs is 3. The third-order valence-electron chi connectivity index (χ3n) is 6.40. The number of carboxylic acid groups (broad SMARTS) is 1. The van der Waals surface area contributed by atoms with E-state index in [2.05, 4.69) is 22.8 Å². The number of rotatable bonds is 11. The van der Waals surface area contributed by atoms with Crippen molar-refractivity contribution in [3.63, 3.8) is 0 Å². The van der Waals surface area contributed by atoms with Gasteiger partial charge < -0.3 is 20.5 Å². The number of carboxylic acids is 1. The molecule has 0 heterocycles. The molecule has 38 heavy (non-hydrogen) atoms. The fraction of sp³-hybridized carbons (Fsp3) is 0.233. The minimum Gasteiger partial charge on any atom is -0.478 e. The van der Waals surface area contributed by atoms with Crippen molar-refractivity contribution in [2.45, 2.75) is 18.5 Å². The molecule has 8 nitrogen and oxygen atoms in total. The number of nitrogens with one attached hydrogen (secondary N) is 2. The van der Waals surface area contributed by atoms with Crippen molar-refractivity contribution in [2.75, 3.05) is 26.7 Å². The number of benzene rings is 3. The second kappa shape index (κ2) is 12.7. The van der Waals surface area contributed by atoms with Gasteiger partial charge in [0.25, 0.3) is 0 Å². The first kappa shape index (κ1) is 26.6. The van der Waals surface area contributed by atoms with Crippen LogP contribution in [0.3, 0.4) is 0 Å². The summed E-state index contributed by atoms with van der Waals surface area (Å²) in [5, 5.41) is 14.1. The summed E-state index contributed by atoms with van der Waals surface area (Å²) >= 11 is 0. The molecule has 8 heteroatoms. The zero-order chi connectivity index (χ0) is 26.9. The van der Waals surface area contributed by atoms with Gasteiger partial charge in [0.05, 0.1) is 0 Å². The standard InChI is InChI=1S/C30H31N3O5/c1-33(18-21-10-3-2-4-11-21)19-27(29(36)31-17-9-16-28(34)35)32-30(37)38-20-26-24-14-7-5-12-22(24)23-13-6-8-15-25(23)26/h2-16,26-27H,17-20H2,1H3,(H,31,36)(H,32,37)(H,34,35)/b16-9+. The Morgan fingerprint density at radius 2 is 1.55 bits per heavy atom. The summed E-state index contributed by atoms with van der Waals surface area (Å²) in [4.78, 5) is 38.4. The van der Waals surface area contributed by atoms with E-state index >= 15 is 0 Å². The van der Waals surface area contributed by atoms with Crippen LogP contribution in [0.25, 0.3) is 11.1 Å². The van der Waals surface area contributed by atoms with Crippen LogP contribution in [0.5, 0.6) is 0 Å². The molecule has 3 N–H and O–H groups in total. The number of alkyl carbamates (subject to hydrolysis) is 1. The summed E-state index contributed by atoms with van der Waals surface area (Å²) in [7, 11) is 1.86. The van der Waals surface area contributed by atoms with Gasteiger partial charge in [-0.05, 0) is 34.9 Å². The minimum absolute atomic E-state index is 0.0242. The number of ether oxygens (including phenoxy) is 1. The van der Waals surface area contributed by atoms with Gasteiger partial charge in [0, 0.05) is 31.6 Å². The van der Waals surface area contributed by atoms with E-state index in [1.807, 2.05) is 78.7 Å². The van der Waals surface area contributed by atoms with Crippen molar-refractivity contribution in [1.82, 2.24) is 15.5 Å². The molecular formula is C30H31N3O5. The molecule has 0 aromatic heterocycles. The summed E-state index contributed by atoms with van der Waals surface area (Å²) in [6.45, 7) is 0.968. The van der Waals surface area contributed by atoms with Gasteiger partial charge in [-0.3, -0.25) is 9.69 Å². The number of nitrogens with zero attached hydrogens (tertiary/aromatic N) is 1. The molecule has 2 amide bonds. The molecule has 0 radical (unpaired) electrons. The van der Waals surface area contributed by atoms with E-state index in [-0.39, 0.29) is 25.6 Å². The molecule has 0 saturated heterocycles. The van der Waals surface area contributed by atoms with Crippen LogP contribution in [0.1, 0.15) is 22.6 Å². The molecule has 0 saturated carbocycles. The lowest BCUT2D eigenvalue weighted by atomic mass is 9.98. The van der Waals surface area contributed by atoms with E-state index < -0.39 is 24.0 Å². The predicted molar refractivity (Wildman–Crippen MR) is 145 cm³/mol. The van der Waals surface area contributed by atoms with E-state index in [4.69, 9.17) is 9.84 Å². The zero-order valence-corrected chi connectivity index (χ0v) is 21.2. The van der Waals surface area contributed by atoms with Crippen LogP contribution in [-0.4, -0.2) is 60.8 Å². The maximum absolute atomic E-state index is 12.9. The Kier molecular flexibility index (Phi) is 8.89. The van der Waals surface area contributed by atoms with Gasteiger partial charge in [-0.15, -0.1) is 0 Å². The minimum atomic E-state index is -1.10. The maximum Gasteiger partial charge on any atom is 0.407 e. The highest BCUT2D eigenvalue weighted by molar-refractivity contribution is 5.86. The van der Waals surface area contributed by atoms with Crippen LogP contribution in [-0.2, 0) is 20.9 Å². The summed E-state index contributed by atoms with van der Waals surface area (Å²) in [6.07, 6.45) is 1.59. The quantitative estimate of drug-likeness (QED) is 0.337. The SMILES string of the molecule is CN(Cc1ccccc1)CC(NC(=O)OCC1c2ccccc2-c2ccccc21)C(=O)NC/C=C/C(=O)O. The third kappa shape index (κ3) is 6.86. The Balaban J connectivity index is 1.40. The molecular weight excluding hydrogens is 482 g/mol. The second-order valence-electron chi connectivity index (χ2n) is 9.19. The highest BCUT2D eigenvalue weighted by Crippen LogP contribution is 2.44. The van der Waals surface area contributed by atoms with E-state index in [0.29, 0.717) is 6.54 Å². The third-order valence-corrected chi connectivity index (χ3v) is 6.40. The molecule has 1 unspecified atom stereocenters. The van der Waals surface area contributed by atoms with E-state index in [0.717, 1.165) is 33.9 Å². The number of carbonyl (C=O) groups excluding carboxylic acids is 2. The molecule has 3 aromatic rings. The molecule has 3 aromatic carbocycles. The first-order valence-electron chi connectivity index (χ1n) is 12.4. The van der Waals surface area contributed by atoms with Crippen molar-refractivity contribution in [3.05, 3.63) is 108 Å². The van der Waals surface area contributed by atoms with Crippen molar-refractivity contribution >= 4 is 18.0 Å². The van der Waals surface area contributed by atoms with Gasteiger partial charge in [0.2, 0.25) is 5.91 Å². The Hall–Kier alpha value is -4.43. The van der Waals surface area contributed by atoms with Crippen LogP contribution in [0.2, 0.25) is 0 Å². The fourth-order valence-electron chi connectivity index (χ4n) is 4.69. The van der Waals surface area contributed by atoms with E-state index in [1.54, 1.807) is 0 Å². The number of likely N-dealkylation sites (N-methyl/N-ethyl adjacent to an activating group) is 1. The smallest absolute Gasteiger partial charge is 0.407 e. The Bertz CT molecular complexity index is 1260. The van der Waals surface area contributed by atoms with Crippen molar-refractivity contribution < 1.29 is 24.2 Å². The van der Waals surface area contributed by atoms with Crippen LogP contribution >= 0.6 is 0 Å². The highest BCUT2D eigenvalue weighted by atomic mass is 16.5. The van der Waals surface area contributed by atoms with Crippen LogP contribution < -0.4 is 10.6 Å². The van der Waals surface area contributed by atoms with Gasteiger partial charge >= 0.3 is 12.1 Å². The van der Waals surface area contributed by atoms with Crippen LogP contribution in [0.4, 0.5) is 4.79 Å². The van der Waals surface area contributed by atoms with Gasteiger partial charge in [0.15, 0.2) is 0 Å². The Morgan fingerprint density at radius 1 is 0.947 bits per heavy atom. The number of amides is 2. The Labute approximate surface area is 221 Å². The number of hydrogen-bond acceptors (Lipinski definition) is 5. The molecule has 0 spiro atoms. The predicted octanol–water partition coefficient (Wildman–Crippen LogP) is 3.78. The lowest BCUT2D eigenvalue weighted by Gasteiger charge is -2.24. The zero-order valence-electron chi connectivity index (χ0n) is 21.2. The van der Waals surface area contributed by atoms with Crippen LogP contribution in [0, 0.1) is 0 Å². The topological polar surface area (TPSA) is 108 Å². The lowest BCUT2D eigenvalue weighted by Crippen LogP contribution is -2.52.